The highest BCUT2D eigenvalue weighted by atomic mass is 127. The summed E-state index contributed by atoms with van der Waals surface area (Å²) in [5, 5.41) is 0.635. The average Bonchev–Trinajstić information content (AvgIpc) is 2.37. The van der Waals surface area contributed by atoms with Crippen molar-refractivity contribution in [2.45, 2.75) is 13.3 Å². The molecule has 0 saturated heterocycles. The van der Waals surface area contributed by atoms with Gasteiger partial charge in [0.05, 0.1) is 5.02 Å². The van der Waals surface area contributed by atoms with Crippen molar-refractivity contribution in [2.24, 2.45) is 0 Å². The molecule has 0 bridgehead atoms. The fourth-order valence-electron chi connectivity index (χ4n) is 1.79. The second-order valence-corrected chi connectivity index (χ2v) is 6.24. The number of carbonyl (C=O) groups excluding carboxylic acids is 1. The van der Waals surface area contributed by atoms with Crippen molar-refractivity contribution >= 4 is 40.1 Å². The van der Waals surface area contributed by atoms with E-state index in [2.05, 4.69) is 27.5 Å². The smallest absolute Gasteiger partial charge is 0.253 e. The summed E-state index contributed by atoms with van der Waals surface area (Å²) in [7, 11) is 4.08. The normalized spacial score (nSPS) is 10.8. The van der Waals surface area contributed by atoms with E-state index < -0.39 is 0 Å². The lowest BCUT2D eigenvalue weighted by atomic mass is 10.2. The molecule has 0 saturated carbocycles. The minimum absolute atomic E-state index is 0.0551. The van der Waals surface area contributed by atoms with Crippen LogP contribution in [0.5, 0.6) is 0 Å². The van der Waals surface area contributed by atoms with E-state index in [0.717, 1.165) is 29.6 Å². The quantitative estimate of drug-likeness (QED) is 0.691. The van der Waals surface area contributed by atoms with Gasteiger partial charge in [-0.3, -0.25) is 4.79 Å². The predicted octanol–water partition coefficient (Wildman–Crippen LogP) is 3.36. The van der Waals surface area contributed by atoms with E-state index in [1.807, 2.05) is 38.1 Å². The number of rotatable bonds is 6. The van der Waals surface area contributed by atoms with Crippen molar-refractivity contribution in [1.82, 2.24) is 9.80 Å². The summed E-state index contributed by atoms with van der Waals surface area (Å²) in [6.45, 7) is 4.48. The van der Waals surface area contributed by atoms with Crippen LogP contribution in [0.3, 0.4) is 0 Å². The fourth-order valence-corrected chi connectivity index (χ4v) is 2.31. The molecule has 19 heavy (non-hydrogen) atoms. The first kappa shape index (κ1) is 16.7. The van der Waals surface area contributed by atoms with E-state index in [1.54, 1.807) is 6.07 Å². The molecular formula is C14H20ClIN2O. The van der Waals surface area contributed by atoms with Gasteiger partial charge < -0.3 is 9.80 Å². The molecule has 1 aromatic rings. The number of carbonyl (C=O) groups is 1. The Morgan fingerprint density at radius 3 is 2.53 bits per heavy atom. The Kier molecular flexibility index (Phi) is 7.10. The zero-order valence-electron chi connectivity index (χ0n) is 11.6. The molecule has 5 heteroatoms. The minimum atomic E-state index is 0.0551. The summed E-state index contributed by atoms with van der Waals surface area (Å²) in [6, 6.07) is 5.47. The number of benzene rings is 1. The molecule has 0 unspecified atom stereocenters. The lowest BCUT2D eigenvalue weighted by Crippen LogP contribution is -2.33. The van der Waals surface area contributed by atoms with Crippen LogP contribution in [-0.4, -0.2) is 49.4 Å². The molecule has 1 rings (SSSR count). The van der Waals surface area contributed by atoms with Crippen molar-refractivity contribution < 1.29 is 4.79 Å². The van der Waals surface area contributed by atoms with E-state index in [0.29, 0.717) is 10.6 Å². The largest absolute Gasteiger partial charge is 0.339 e. The summed E-state index contributed by atoms with van der Waals surface area (Å²) in [5.41, 5.74) is 0.664. The third-order valence-electron chi connectivity index (χ3n) is 2.87. The number of hydrogen-bond donors (Lipinski definition) is 0. The van der Waals surface area contributed by atoms with Gasteiger partial charge >= 0.3 is 0 Å². The first-order chi connectivity index (χ1) is 8.95. The van der Waals surface area contributed by atoms with Crippen molar-refractivity contribution in [3.8, 4) is 0 Å². The molecule has 0 heterocycles. The van der Waals surface area contributed by atoms with E-state index in [9.17, 15) is 4.79 Å². The van der Waals surface area contributed by atoms with Crippen LogP contribution >= 0.6 is 34.2 Å². The molecule has 1 amide bonds. The summed E-state index contributed by atoms with van der Waals surface area (Å²) in [6.07, 6.45) is 0.977. The molecule has 0 N–H and O–H groups in total. The monoisotopic (exact) mass is 394 g/mol. The summed E-state index contributed by atoms with van der Waals surface area (Å²) >= 11 is 8.23. The van der Waals surface area contributed by atoms with Gasteiger partial charge in [0, 0.05) is 22.2 Å². The van der Waals surface area contributed by atoms with Gasteiger partial charge in [-0.2, -0.15) is 0 Å². The highest BCUT2D eigenvalue weighted by molar-refractivity contribution is 14.1. The minimum Gasteiger partial charge on any atom is -0.339 e. The maximum atomic E-state index is 12.4. The average molecular weight is 395 g/mol. The predicted molar refractivity (Wildman–Crippen MR) is 88.9 cm³/mol. The second kappa shape index (κ2) is 8.07. The molecule has 0 aliphatic heterocycles. The fraction of sp³-hybridized carbons (Fsp3) is 0.500. The molecule has 0 spiro atoms. The topological polar surface area (TPSA) is 23.6 Å². The summed E-state index contributed by atoms with van der Waals surface area (Å²) in [5.74, 6) is 0.0551. The Morgan fingerprint density at radius 2 is 2.00 bits per heavy atom. The Labute approximate surface area is 134 Å². The molecule has 0 radical (unpaired) electrons. The van der Waals surface area contributed by atoms with Crippen LogP contribution in [0.25, 0.3) is 0 Å². The van der Waals surface area contributed by atoms with Gasteiger partial charge in [-0.1, -0.05) is 11.6 Å². The lowest BCUT2D eigenvalue weighted by molar-refractivity contribution is 0.0759. The van der Waals surface area contributed by atoms with Crippen molar-refractivity contribution in [3.63, 3.8) is 0 Å². The Bertz CT molecular complexity index is 437. The van der Waals surface area contributed by atoms with Gasteiger partial charge in [-0.15, -0.1) is 0 Å². The van der Waals surface area contributed by atoms with E-state index in [1.165, 1.54) is 0 Å². The lowest BCUT2D eigenvalue weighted by Gasteiger charge is -2.22. The van der Waals surface area contributed by atoms with Crippen LogP contribution in [0.15, 0.2) is 18.2 Å². The van der Waals surface area contributed by atoms with Gasteiger partial charge in [0.25, 0.3) is 5.91 Å². The van der Waals surface area contributed by atoms with E-state index in [4.69, 9.17) is 11.6 Å². The van der Waals surface area contributed by atoms with E-state index >= 15 is 0 Å². The van der Waals surface area contributed by atoms with Crippen LogP contribution in [0.2, 0.25) is 5.02 Å². The first-order valence-corrected chi connectivity index (χ1v) is 7.80. The van der Waals surface area contributed by atoms with Gasteiger partial charge in [0.1, 0.15) is 0 Å². The summed E-state index contributed by atoms with van der Waals surface area (Å²) < 4.78 is 0.964. The molecule has 3 nitrogen and oxygen atoms in total. The Balaban J connectivity index is 2.69. The Morgan fingerprint density at radius 1 is 1.32 bits per heavy atom. The molecule has 0 fully saturated rings. The van der Waals surface area contributed by atoms with Crippen LogP contribution in [-0.2, 0) is 0 Å². The molecular weight excluding hydrogens is 375 g/mol. The highest BCUT2D eigenvalue weighted by Gasteiger charge is 2.14. The Hall–Kier alpha value is -0.330. The zero-order chi connectivity index (χ0) is 14.4. The van der Waals surface area contributed by atoms with Crippen LogP contribution in [0.1, 0.15) is 23.7 Å². The number of halogens is 2. The van der Waals surface area contributed by atoms with Gasteiger partial charge in [-0.05, 0) is 74.8 Å². The molecule has 0 aromatic heterocycles. The van der Waals surface area contributed by atoms with Crippen LogP contribution in [0, 0.1) is 3.57 Å². The first-order valence-electron chi connectivity index (χ1n) is 6.34. The molecule has 0 atom stereocenters. The van der Waals surface area contributed by atoms with Gasteiger partial charge in [-0.25, -0.2) is 0 Å². The maximum absolute atomic E-state index is 12.4. The standard InChI is InChI=1S/C14H20ClIN2O/c1-4-18(9-5-8-17(2)3)14(19)11-6-7-13(16)12(15)10-11/h6-7,10H,4-5,8-9H2,1-3H3. The summed E-state index contributed by atoms with van der Waals surface area (Å²) in [4.78, 5) is 16.4. The van der Waals surface area contributed by atoms with E-state index in [-0.39, 0.29) is 5.91 Å². The van der Waals surface area contributed by atoms with Gasteiger partial charge in [0.2, 0.25) is 0 Å². The second-order valence-electron chi connectivity index (χ2n) is 4.67. The highest BCUT2D eigenvalue weighted by Crippen LogP contribution is 2.20. The van der Waals surface area contributed by atoms with Crippen molar-refractivity contribution in [1.29, 1.82) is 0 Å². The maximum Gasteiger partial charge on any atom is 0.253 e. The van der Waals surface area contributed by atoms with Crippen LogP contribution in [0.4, 0.5) is 0 Å². The van der Waals surface area contributed by atoms with Crippen molar-refractivity contribution in [2.75, 3.05) is 33.7 Å². The molecule has 106 valence electrons. The zero-order valence-corrected chi connectivity index (χ0v) is 14.5. The number of amides is 1. The van der Waals surface area contributed by atoms with Crippen LogP contribution < -0.4 is 0 Å². The third kappa shape index (κ3) is 5.28. The number of nitrogens with zero attached hydrogens (tertiary/aromatic N) is 2. The van der Waals surface area contributed by atoms with Gasteiger partial charge in [0.15, 0.2) is 0 Å². The molecule has 1 aromatic carbocycles. The third-order valence-corrected chi connectivity index (χ3v) is 4.44. The number of hydrogen-bond acceptors (Lipinski definition) is 2. The molecule has 0 aliphatic carbocycles. The van der Waals surface area contributed by atoms with Crippen molar-refractivity contribution in [3.05, 3.63) is 32.4 Å². The SMILES string of the molecule is CCN(CCCN(C)C)C(=O)c1ccc(I)c(Cl)c1. The molecule has 0 aliphatic rings.